The number of amides is 2. The molecule has 0 spiro atoms. The molecular weight excluding hydrogens is 221 g/mol. The Balaban J connectivity index is 2.21. The van der Waals surface area contributed by atoms with Crippen molar-refractivity contribution < 1.29 is 18.0 Å². The fraction of sp³-hybridized carbons (Fsp3) is 0.900. The Morgan fingerprint density at radius 1 is 1.31 bits per heavy atom. The van der Waals surface area contributed by atoms with Crippen LogP contribution < -0.4 is 10.6 Å². The summed E-state index contributed by atoms with van der Waals surface area (Å²) < 4.78 is 35.4. The second-order valence-corrected chi connectivity index (χ2v) is 4.67. The summed E-state index contributed by atoms with van der Waals surface area (Å²) in [4.78, 5) is 11.1. The number of urea groups is 1. The Hall–Kier alpha value is -0.940. The lowest BCUT2D eigenvalue weighted by atomic mass is 9.92. The summed E-state index contributed by atoms with van der Waals surface area (Å²) in [6.07, 6.45) is -2.29. The van der Waals surface area contributed by atoms with Gasteiger partial charge >= 0.3 is 12.2 Å². The zero-order valence-electron chi connectivity index (χ0n) is 9.45. The highest BCUT2D eigenvalue weighted by Crippen LogP contribution is 2.51. The van der Waals surface area contributed by atoms with Gasteiger partial charge in [-0.1, -0.05) is 13.8 Å². The predicted octanol–water partition coefficient (Wildman–Crippen LogP) is 2.28. The van der Waals surface area contributed by atoms with Crippen LogP contribution in [-0.4, -0.2) is 25.3 Å². The van der Waals surface area contributed by atoms with Gasteiger partial charge in [0.2, 0.25) is 0 Å². The topological polar surface area (TPSA) is 41.1 Å². The Morgan fingerprint density at radius 2 is 1.88 bits per heavy atom. The van der Waals surface area contributed by atoms with E-state index in [0.717, 1.165) is 12.8 Å². The molecular formula is C10H17F3N2O. The van der Waals surface area contributed by atoms with Crippen LogP contribution in [0.2, 0.25) is 0 Å². The van der Waals surface area contributed by atoms with Crippen LogP contribution in [0.15, 0.2) is 0 Å². The Kier molecular flexibility index (Phi) is 3.70. The second-order valence-electron chi connectivity index (χ2n) is 4.67. The van der Waals surface area contributed by atoms with Crippen LogP contribution in [0.1, 0.15) is 26.7 Å². The molecule has 1 fully saturated rings. The summed E-state index contributed by atoms with van der Waals surface area (Å²) in [5.74, 6) is 0.440. The molecule has 0 aromatic carbocycles. The van der Waals surface area contributed by atoms with E-state index in [2.05, 4.69) is 19.2 Å². The van der Waals surface area contributed by atoms with Crippen LogP contribution >= 0.6 is 0 Å². The Morgan fingerprint density at radius 3 is 2.25 bits per heavy atom. The van der Waals surface area contributed by atoms with Crippen LogP contribution in [0.3, 0.4) is 0 Å². The van der Waals surface area contributed by atoms with E-state index in [-0.39, 0.29) is 5.41 Å². The molecule has 0 saturated heterocycles. The molecule has 0 bridgehead atoms. The van der Waals surface area contributed by atoms with Gasteiger partial charge < -0.3 is 10.6 Å². The van der Waals surface area contributed by atoms with Gasteiger partial charge in [0.15, 0.2) is 0 Å². The zero-order valence-corrected chi connectivity index (χ0v) is 9.45. The lowest BCUT2D eigenvalue weighted by Crippen LogP contribution is -2.43. The van der Waals surface area contributed by atoms with Crippen molar-refractivity contribution >= 4 is 6.03 Å². The minimum absolute atomic E-state index is 0.107. The van der Waals surface area contributed by atoms with Crippen LogP contribution in [0, 0.1) is 11.3 Å². The van der Waals surface area contributed by atoms with E-state index >= 15 is 0 Å². The SMILES string of the molecule is CC(C)C1(CNC(=O)NCC(F)(F)F)CC1. The molecule has 0 radical (unpaired) electrons. The maximum Gasteiger partial charge on any atom is 0.405 e. The van der Waals surface area contributed by atoms with Crippen LogP contribution in [0.4, 0.5) is 18.0 Å². The van der Waals surface area contributed by atoms with E-state index in [4.69, 9.17) is 0 Å². The lowest BCUT2D eigenvalue weighted by Gasteiger charge is -2.20. The van der Waals surface area contributed by atoms with E-state index in [1.54, 1.807) is 5.32 Å². The second kappa shape index (κ2) is 4.51. The summed E-state index contributed by atoms with van der Waals surface area (Å²) >= 11 is 0. The van der Waals surface area contributed by atoms with Gasteiger partial charge in [-0.15, -0.1) is 0 Å². The monoisotopic (exact) mass is 238 g/mol. The van der Waals surface area contributed by atoms with Gasteiger partial charge in [-0.05, 0) is 24.2 Å². The third-order valence-electron chi connectivity index (χ3n) is 3.17. The molecule has 3 nitrogen and oxygen atoms in total. The highest BCUT2D eigenvalue weighted by Gasteiger charge is 2.45. The minimum atomic E-state index is -4.35. The van der Waals surface area contributed by atoms with Gasteiger partial charge in [0.05, 0.1) is 0 Å². The van der Waals surface area contributed by atoms with Crippen molar-refractivity contribution in [3.05, 3.63) is 0 Å². The van der Waals surface area contributed by atoms with Gasteiger partial charge in [0, 0.05) is 6.54 Å². The van der Waals surface area contributed by atoms with E-state index in [9.17, 15) is 18.0 Å². The number of halogens is 3. The normalized spacial score (nSPS) is 18.4. The van der Waals surface area contributed by atoms with Crippen LogP contribution in [-0.2, 0) is 0 Å². The van der Waals surface area contributed by atoms with E-state index in [1.807, 2.05) is 0 Å². The first-order chi connectivity index (χ1) is 7.25. The molecule has 1 aliphatic rings. The van der Waals surface area contributed by atoms with Crippen molar-refractivity contribution in [2.45, 2.75) is 32.9 Å². The fourth-order valence-electron chi connectivity index (χ4n) is 1.62. The molecule has 1 rings (SSSR count). The maximum absolute atomic E-state index is 11.8. The van der Waals surface area contributed by atoms with E-state index in [1.165, 1.54) is 0 Å². The first-order valence-electron chi connectivity index (χ1n) is 5.34. The largest absolute Gasteiger partial charge is 0.405 e. The van der Waals surface area contributed by atoms with Gasteiger partial charge in [-0.3, -0.25) is 0 Å². The molecule has 0 aliphatic heterocycles. The molecule has 0 aromatic heterocycles. The molecule has 1 aliphatic carbocycles. The quantitative estimate of drug-likeness (QED) is 0.775. The third kappa shape index (κ3) is 3.90. The summed E-state index contributed by atoms with van der Waals surface area (Å²) in [6.45, 7) is 3.28. The molecule has 0 unspecified atom stereocenters. The van der Waals surface area contributed by atoms with Crippen molar-refractivity contribution in [1.82, 2.24) is 10.6 Å². The summed E-state index contributed by atoms with van der Waals surface area (Å²) in [5.41, 5.74) is 0.107. The molecule has 2 N–H and O–H groups in total. The number of hydrogen-bond acceptors (Lipinski definition) is 1. The molecule has 1 saturated carbocycles. The van der Waals surface area contributed by atoms with Gasteiger partial charge in [-0.2, -0.15) is 13.2 Å². The van der Waals surface area contributed by atoms with Crippen molar-refractivity contribution in [1.29, 1.82) is 0 Å². The summed E-state index contributed by atoms with van der Waals surface area (Å²) in [5, 5.41) is 4.28. The van der Waals surface area contributed by atoms with E-state index in [0.29, 0.717) is 12.5 Å². The van der Waals surface area contributed by atoms with Gasteiger partial charge in [0.25, 0.3) is 0 Å². The first kappa shape index (κ1) is 13.1. The summed E-state index contributed by atoms with van der Waals surface area (Å²) in [7, 11) is 0. The number of nitrogens with one attached hydrogen (secondary N) is 2. The first-order valence-corrected chi connectivity index (χ1v) is 5.34. The molecule has 2 amide bonds. The highest BCUT2D eigenvalue weighted by molar-refractivity contribution is 5.73. The number of rotatable bonds is 4. The smallest absolute Gasteiger partial charge is 0.338 e. The molecule has 0 atom stereocenters. The van der Waals surface area contributed by atoms with Crippen molar-refractivity contribution in [2.24, 2.45) is 11.3 Å². The van der Waals surface area contributed by atoms with Crippen LogP contribution in [0.5, 0.6) is 0 Å². The molecule has 0 heterocycles. The Bertz CT molecular complexity index is 259. The average molecular weight is 238 g/mol. The minimum Gasteiger partial charge on any atom is -0.338 e. The summed E-state index contributed by atoms with van der Waals surface area (Å²) in [6, 6.07) is -0.746. The van der Waals surface area contributed by atoms with Crippen molar-refractivity contribution in [3.8, 4) is 0 Å². The highest BCUT2D eigenvalue weighted by atomic mass is 19.4. The molecule has 16 heavy (non-hydrogen) atoms. The molecule has 94 valence electrons. The third-order valence-corrected chi connectivity index (χ3v) is 3.17. The zero-order chi connectivity index (χ0) is 12.4. The standard InChI is InChI=1S/C10H17F3N2O/c1-7(2)9(3-4-9)5-14-8(16)15-6-10(11,12)13/h7H,3-6H2,1-2H3,(H2,14,15,16). The number of hydrogen-bond donors (Lipinski definition) is 2. The molecule has 0 aromatic rings. The number of alkyl halides is 3. The van der Waals surface area contributed by atoms with Crippen molar-refractivity contribution in [2.75, 3.05) is 13.1 Å². The fourth-order valence-corrected chi connectivity index (χ4v) is 1.62. The average Bonchev–Trinajstić information content (AvgIpc) is 2.91. The van der Waals surface area contributed by atoms with Gasteiger partial charge in [-0.25, -0.2) is 4.79 Å². The van der Waals surface area contributed by atoms with Crippen molar-refractivity contribution in [3.63, 3.8) is 0 Å². The lowest BCUT2D eigenvalue weighted by molar-refractivity contribution is -0.122. The Labute approximate surface area is 92.8 Å². The predicted molar refractivity (Wildman–Crippen MR) is 54.0 cm³/mol. The number of carbonyl (C=O) groups excluding carboxylic acids is 1. The van der Waals surface area contributed by atoms with Gasteiger partial charge in [0.1, 0.15) is 6.54 Å². The van der Waals surface area contributed by atoms with Crippen LogP contribution in [0.25, 0.3) is 0 Å². The van der Waals surface area contributed by atoms with E-state index < -0.39 is 18.8 Å². The number of carbonyl (C=O) groups is 1. The maximum atomic E-state index is 11.8. The molecule has 6 heteroatoms.